The van der Waals surface area contributed by atoms with Gasteiger partial charge in [-0.2, -0.15) is 0 Å². The Morgan fingerprint density at radius 2 is 1.39 bits per heavy atom. The molecule has 272 valence electrons. The van der Waals surface area contributed by atoms with Crippen LogP contribution in [-0.4, -0.2) is 89.4 Å². The quantitative estimate of drug-likeness (QED) is 0.106. The predicted octanol–water partition coefficient (Wildman–Crippen LogP) is 6.19. The van der Waals surface area contributed by atoms with E-state index in [2.05, 4.69) is 6.08 Å². The van der Waals surface area contributed by atoms with Crippen LogP contribution in [0.25, 0.3) is 16.7 Å². The number of methoxy groups -OCH3 is 3. The van der Waals surface area contributed by atoms with Gasteiger partial charge in [0.15, 0.2) is 0 Å². The third-order valence-electron chi connectivity index (χ3n) is 10.5. The average Bonchev–Trinajstić information content (AvgIpc) is 3.24. The Balaban J connectivity index is 1.63. The normalized spacial score (nSPS) is 22.8. The smallest absolute Gasteiger partial charge is 0.303 e. The van der Waals surface area contributed by atoms with Crippen molar-refractivity contribution in [1.29, 1.82) is 0 Å². The van der Waals surface area contributed by atoms with Crippen LogP contribution in [0.4, 0.5) is 0 Å². The standard InChI is InChI=1S/C39H46N2O10/c1-19-15-20-28-29-21(16-19)39(51-4)38(48)31-23(43)18-25(50-3)33(35(29)31)32-24(49-2)17-22(42)30(34(28)32)37(41-14-10-6-8-12-27(46)47)36(20)40-13-9-5-7-11-26(44)45/h15,17-18,20,28,38-39,42-43,48H,5-14,16H2,1-4H3,(H,44,45)(H,46,47). The van der Waals surface area contributed by atoms with Gasteiger partial charge in [-0.05, 0) is 61.3 Å². The first-order valence-electron chi connectivity index (χ1n) is 17.6. The minimum Gasteiger partial charge on any atom is -0.507 e. The minimum atomic E-state index is -1.16. The fourth-order valence-electron chi connectivity index (χ4n) is 8.42. The monoisotopic (exact) mass is 702 g/mol. The number of aromatic hydroxyl groups is 2. The summed E-state index contributed by atoms with van der Waals surface area (Å²) in [7, 11) is 4.60. The molecule has 4 unspecified atom stereocenters. The van der Waals surface area contributed by atoms with Crippen LogP contribution in [0.2, 0.25) is 0 Å². The molecule has 2 aromatic rings. The maximum atomic E-state index is 11.9. The molecule has 4 atom stereocenters. The number of unbranched alkanes of at least 4 members (excludes halogenated alkanes) is 4. The van der Waals surface area contributed by atoms with Crippen LogP contribution < -0.4 is 9.47 Å². The molecule has 12 heteroatoms. The van der Waals surface area contributed by atoms with Crippen LogP contribution in [-0.2, 0) is 14.3 Å². The summed E-state index contributed by atoms with van der Waals surface area (Å²) < 4.78 is 17.8. The van der Waals surface area contributed by atoms with Crippen molar-refractivity contribution in [3.05, 3.63) is 51.6 Å². The molecule has 4 aliphatic carbocycles. The third kappa shape index (κ3) is 6.40. The molecule has 0 aromatic heterocycles. The highest BCUT2D eigenvalue weighted by Crippen LogP contribution is 2.65. The number of fused-ring (bicyclic) bond motifs is 1. The van der Waals surface area contributed by atoms with E-state index < -0.39 is 30.1 Å². The number of aliphatic hydroxyl groups is 1. The molecular formula is C39H46N2O10. The lowest BCUT2D eigenvalue weighted by atomic mass is 9.59. The van der Waals surface area contributed by atoms with Gasteiger partial charge in [0.05, 0.1) is 25.6 Å². The number of rotatable bonds is 15. The molecule has 0 aliphatic heterocycles. The largest absolute Gasteiger partial charge is 0.507 e. The Morgan fingerprint density at radius 3 is 2.00 bits per heavy atom. The molecule has 5 N–H and O–H groups in total. The van der Waals surface area contributed by atoms with Gasteiger partial charge in [-0.15, -0.1) is 0 Å². The van der Waals surface area contributed by atoms with E-state index in [0.717, 1.165) is 22.3 Å². The number of carboxylic acids is 2. The van der Waals surface area contributed by atoms with Gasteiger partial charge in [-0.3, -0.25) is 19.6 Å². The van der Waals surface area contributed by atoms with Crippen LogP contribution in [0.15, 0.2) is 39.3 Å². The van der Waals surface area contributed by atoms with Crippen molar-refractivity contribution in [3.63, 3.8) is 0 Å². The second-order valence-corrected chi connectivity index (χ2v) is 13.7. The third-order valence-corrected chi connectivity index (χ3v) is 10.5. The van der Waals surface area contributed by atoms with E-state index in [-0.39, 0.29) is 30.3 Å². The van der Waals surface area contributed by atoms with Crippen molar-refractivity contribution in [1.82, 2.24) is 0 Å². The fourth-order valence-corrected chi connectivity index (χ4v) is 8.42. The van der Waals surface area contributed by atoms with Gasteiger partial charge in [0.25, 0.3) is 0 Å². The first-order chi connectivity index (χ1) is 24.5. The number of benzene rings is 2. The summed E-state index contributed by atoms with van der Waals surface area (Å²) >= 11 is 0. The molecule has 0 heterocycles. The lowest BCUT2D eigenvalue weighted by Gasteiger charge is -2.45. The number of nitrogens with zero attached hydrogens (tertiary/aromatic N) is 2. The number of phenolic OH excluding ortho intramolecular Hbond substituents is 2. The number of carbonyl (C=O) groups is 2. The number of aliphatic imine (C=N–C) groups is 2. The highest BCUT2D eigenvalue weighted by Gasteiger charge is 2.52. The van der Waals surface area contributed by atoms with Crippen molar-refractivity contribution in [3.8, 4) is 34.1 Å². The summed E-state index contributed by atoms with van der Waals surface area (Å²) in [6.07, 6.45) is 4.66. The van der Waals surface area contributed by atoms with E-state index in [4.69, 9.17) is 34.4 Å². The molecule has 2 aromatic carbocycles. The molecule has 12 nitrogen and oxygen atoms in total. The number of hydrogen-bond donors (Lipinski definition) is 5. The molecule has 0 bridgehead atoms. The van der Waals surface area contributed by atoms with Crippen molar-refractivity contribution < 1.29 is 49.3 Å². The zero-order chi connectivity index (χ0) is 36.6. The number of carboxylic acid groups (broad SMARTS) is 2. The summed E-state index contributed by atoms with van der Waals surface area (Å²) in [4.78, 5) is 32.5. The highest BCUT2D eigenvalue weighted by molar-refractivity contribution is 6.52. The molecule has 0 amide bonds. The number of hydrogen-bond acceptors (Lipinski definition) is 10. The second-order valence-electron chi connectivity index (χ2n) is 13.7. The maximum Gasteiger partial charge on any atom is 0.303 e. The van der Waals surface area contributed by atoms with E-state index in [1.165, 1.54) is 20.3 Å². The number of aliphatic carboxylic acids is 2. The first kappa shape index (κ1) is 36.1. The van der Waals surface area contributed by atoms with Gasteiger partial charge >= 0.3 is 11.9 Å². The molecular weight excluding hydrogens is 656 g/mol. The van der Waals surface area contributed by atoms with Gasteiger partial charge in [0.1, 0.15) is 35.2 Å². The Kier molecular flexibility index (Phi) is 10.5. The van der Waals surface area contributed by atoms with Gasteiger partial charge < -0.3 is 39.7 Å². The van der Waals surface area contributed by atoms with Gasteiger partial charge in [0.2, 0.25) is 0 Å². The first-order valence-corrected chi connectivity index (χ1v) is 17.6. The van der Waals surface area contributed by atoms with Crippen LogP contribution in [0.1, 0.15) is 99.0 Å². The molecule has 0 saturated carbocycles. The Bertz CT molecular complexity index is 1870. The lowest BCUT2D eigenvalue weighted by Crippen LogP contribution is -2.40. The van der Waals surface area contributed by atoms with Crippen molar-refractivity contribution in [2.45, 2.75) is 82.8 Å². The van der Waals surface area contributed by atoms with Crippen molar-refractivity contribution in [2.24, 2.45) is 15.9 Å². The SMILES string of the molecule is COc1cc(O)c2c3c1-c1c(OC)cc(O)c4c1C1C3=C(CC(C)=CC1C(=NCCCCCC(=O)O)C4=NCCCCCC(=O)O)C(OC)C2O. The summed E-state index contributed by atoms with van der Waals surface area (Å²) in [5.74, 6) is -1.82. The van der Waals surface area contributed by atoms with Crippen LogP contribution in [0.3, 0.4) is 0 Å². The number of allylic oxidation sites excluding steroid dienone is 3. The van der Waals surface area contributed by atoms with E-state index in [9.17, 15) is 24.9 Å². The topological polar surface area (TPSA) is 188 Å². The van der Waals surface area contributed by atoms with Gasteiger partial charge in [-0.25, -0.2) is 0 Å². The van der Waals surface area contributed by atoms with E-state index >= 15 is 0 Å². The lowest BCUT2D eigenvalue weighted by molar-refractivity contribution is -0.138. The predicted molar refractivity (Wildman–Crippen MR) is 192 cm³/mol. The Labute approximate surface area is 296 Å². The molecule has 0 fully saturated rings. The van der Waals surface area contributed by atoms with E-state index in [0.29, 0.717) is 109 Å². The van der Waals surface area contributed by atoms with Crippen LogP contribution >= 0.6 is 0 Å². The average molecular weight is 703 g/mol. The van der Waals surface area contributed by atoms with E-state index in [1.807, 2.05) is 6.92 Å². The molecule has 0 spiro atoms. The molecule has 6 rings (SSSR count). The Morgan fingerprint density at radius 1 is 0.784 bits per heavy atom. The molecule has 0 saturated heterocycles. The van der Waals surface area contributed by atoms with Crippen molar-refractivity contribution in [2.75, 3.05) is 34.4 Å². The van der Waals surface area contributed by atoms with Crippen LogP contribution in [0.5, 0.6) is 23.0 Å². The zero-order valence-electron chi connectivity index (χ0n) is 29.5. The summed E-state index contributed by atoms with van der Waals surface area (Å²) in [6.45, 7) is 2.84. The molecule has 0 radical (unpaired) electrons. The number of phenols is 2. The summed E-state index contributed by atoms with van der Waals surface area (Å²) in [5.41, 5.74) is 7.64. The zero-order valence-corrected chi connectivity index (χ0v) is 29.5. The second kappa shape index (κ2) is 14.9. The minimum absolute atomic E-state index is 0.0320. The molecule has 51 heavy (non-hydrogen) atoms. The highest BCUT2D eigenvalue weighted by atomic mass is 16.5. The van der Waals surface area contributed by atoms with Gasteiger partial charge in [-0.1, -0.05) is 24.5 Å². The van der Waals surface area contributed by atoms with Gasteiger partial charge in [0, 0.05) is 79.3 Å². The van der Waals surface area contributed by atoms with E-state index in [1.54, 1.807) is 13.2 Å². The number of ether oxygens (including phenoxy) is 3. The summed E-state index contributed by atoms with van der Waals surface area (Å²) in [6, 6.07) is 3.06. The summed E-state index contributed by atoms with van der Waals surface area (Å²) in [5, 5.41) is 53.4. The Hall–Kier alpha value is -4.68. The fraction of sp³-hybridized carbons (Fsp3) is 0.487. The maximum absolute atomic E-state index is 11.9. The van der Waals surface area contributed by atoms with Crippen LogP contribution in [0, 0.1) is 5.92 Å². The number of aliphatic hydroxyl groups excluding tert-OH is 1. The van der Waals surface area contributed by atoms with Crippen molar-refractivity contribution >= 4 is 28.9 Å². The molecule has 4 aliphatic rings.